The molecule has 2 rings (SSSR count). The first-order valence-corrected chi connectivity index (χ1v) is 7.09. The first-order valence-electron chi connectivity index (χ1n) is 6.29. The van der Waals surface area contributed by atoms with Crippen LogP contribution in [0.5, 0.6) is 11.5 Å². The van der Waals surface area contributed by atoms with Crippen molar-refractivity contribution in [2.24, 2.45) is 12.1 Å². The van der Waals surface area contributed by atoms with E-state index < -0.39 is 5.91 Å². The largest absolute Gasteiger partial charge is 0.497 e. The van der Waals surface area contributed by atoms with Crippen molar-refractivity contribution in [1.29, 1.82) is 0 Å². The summed E-state index contributed by atoms with van der Waals surface area (Å²) in [6.45, 7) is 0. The van der Waals surface area contributed by atoms with Gasteiger partial charge in [0, 0.05) is 18.8 Å². The summed E-state index contributed by atoms with van der Waals surface area (Å²) in [6.07, 6.45) is 3.17. The van der Waals surface area contributed by atoms with Gasteiger partial charge in [-0.05, 0) is 34.1 Å². The number of benzene rings is 1. The van der Waals surface area contributed by atoms with Crippen molar-refractivity contribution in [3.63, 3.8) is 0 Å². The van der Waals surface area contributed by atoms with Gasteiger partial charge in [0.1, 0.15) is 11.5 Å². The van der Waals surface area contributed by atoms with Gasteiger partial charge < -0.3 is 9.47 Å². The van der Waals surface area contributed by atoms with Crippen LogP contribution in [0.2, 0.25) is 0 Å². The van der Waals surface area contributed by atoms with Crippen molar-refractivity contribution >= 4 is 28.1 Å². The Bertz CT molecular complexity index is 712. The molecule has 0 aliphatic carbocycles. The van der Waals surface area contributed by atoms with E-state index in [1.54, 1.807) is 45.7 Å². The highest BCUT2D eigenvalue weighted by molar-refractivity contribution is 9.10. The number of carbonyl (C=O) groups excluding carboxylic acids is 1. The van der Waals surface area contributed by atoms with Crippen molar-refractivity contribution in [2.45, 2.75) is 0 Å². The van der Waals surface area contributed by atoms with Crippen LogP contribution in [0.1, 0.15) is 16.1 Å². The molecule has 0 saturated carbocycles. The summed E-state index contributed by atoms with van der Waals surface area (Å²) in [7, 11) is 4.86. The molecule has 0 saturated heterocycles. The number of nitrogens with one attached hydrogen (secondary N) is 1. The maximum absolute atomic E-state index is 12.0. The molecule has 0 fully saturated rings. The minimum atomic E-state index is -0.411. The lowest BCUT2D eigenvalue weighted by Crippen LogP contribution is -2.19. The van der Waals surface area contributed by atoms with E-state index >= 15 is 0 Å². The van der Waals surface area contributed by atoms with E-state index in [-0.39, 0.29) is 5.69 Å². The van der Waals surface area contributed by atoms with Gasteiger partial charge in [-0.1, -0.05) is 0 Å². The second kappa shape index (κ2) is 7.08. The van der Waals surface area contributed by atoms with Crippen LogP contribution in [0, 0.1) is 0 Å². The van der Waals surface area contributed by atoms with Gasteiger partial charge in [0.05, 0.1) is 24.9 Å². The summed E-state index contributed by atoms with van der Waals surface area (Å²) in [4.78, 5) is 12.0. The Hall–Kier alpha value is -2.35. The monoisotopic (exact) mass is 366 g/mol. The molecule has 1 N–H and O–H groups in total. The fraction of sp³-hybridized carbons (Fsp3) is 0.214. The molecule has 1 aromatic heterocycles. The van der Waals surface area contributed by atoms with Crippen LogP contribution in [-0.2, 0) is 7.05 Å². The predicted octanol–water partition coefficient (Wildman–Crippen LogP) is 1.96. The number of hydrazone groups is 1. The van der Waals surface area contributed by atoms with E-state index in [1.165, 1.54) is 10.9 Å². The van der Waals surface area contributed by atoms with E-state index in [2.05, 4.69) is 31.6 Å². The van der Waals surface area contributed by atoms with E-state index in [1.807, 2.05) is 0 Å². The van der Waals surface area contributed by atoms with Gasteiger partial charge in [0.15, 0.2) is 5.69 Å². The van der Waals surface area contributed by atoms with Gasteiger partial charge in [-0.25, -0.2) is 5.43 Å². The third-order valence-corrected chi connectivity index (χ3v) is 3.39. The molecule has 2 aromatic rings. The normalized spacial score (nSPS) is 10.7. The Morgan fingerprint density at radius 2 is 2.18 bits per heavy atom. The van der Waals surface area contributed by atoms with Crippen LogP contribution in [0.4, 0.5) is 0 Å². The molecule has 1 heterocycles. The number of halogens is 1. The SMILES string of the molecule is COc1ccc(OC)c(C=NNC(=O)c2nn(C)cc2Br)c1. The molecule has 0 spiro atoms. The predicted molar refractivity (Wildman–Crippen MR) is 85.5 cm³/mol. The summed E-state index contributed by atoms with van der Waals surface area (Å²) in [5.74, 6) is 0.879. The lowest BCUT2D eigenvalue weighted by Gasteiger charge is -2.06. The molecule has 0 unspecified atom stereocenters. The number of amides is 1. The van der Waals surface area contributed by atoms with Gasteiger partial charge in [-0.2, -0.15) is 10.2 Å². The minimum Gasteiger partial charge on any atom is -0.497 e. The van der Waals surface area contributed by atoms with Crippen molar-refractivity contribution < 1.29 is 14.3 Å². The molecule has 0 bridgehead atoms. The second-order valence-corrected chi connectivity index (χ2v) is 5.16. The number of aryl methyl sites for hydroxylation is 1. The Morgan fingerprint density at radius 1 is 1.41 bits per heavy atom. The zero-order valence-electron chi connectivity index (χ0n) is 12.3. The summed E-state index contributed by atoms with van der Waals surface area (Å²) in [5.41, 5.74) is 3.36. The standard InChI is InChI=1S/C14H15BrN4O3/c1-19-8-11(15)13(18-19)14(20)17-16-7-9-6-10(21-2)4-5-12(9)22-3/h4-8H,1-3H3,(H,17,20). The number of methoxy groups -OCH3 is 2. The van der Waals surface area contributed by atoms with E-state index in [4.69, 9.17) is 9.47 Å². The van der Waals surface area contributed by atoms with Gasteiger partial charge in [0.25, 0.3) is 5.91 Å². The molecule has 7 nitrogen and oxygen atoms in total. The van der Waals surface area contributed by atoms with Crippen LogP contribution in [-0.4, -0.2) is 36.1 Å². The summed E-state index contributed by atoms with van der Waals surface area (Å²) in [6, 6.07) is 5.29. The summed E-state index contributed by atoms with van der Waals surface area (Å²) in [5, 5.41) is 7.96. The van der Waals surface area contributed by atoms with Crippen LogP contribution in [0.15, 0.2) is 34.0 Å². The molecular weight excluding hydrogens is 352 g/mol. The number of hydrogen-bond donors (Lipinski definition) is 1. The first-order chi connectivity index (χ1) is 10.5. The van der Waals surface area contributed by atoms with Crippen LogP contribution < -0.4 is 14.9 Å². The lowest BCUT2D eigenvalue weighted by atomic mass is 10.2. The van der Waals surface area contributed by atoms with Crippen LogP contribution in [0.25, 0.3) is 0 Å². The quantitative estimate of drug-likeness (QED) is 0.648. The number of rotatable bonds is 5. The van der Waals surface area contributed by atoms with E-state index in [0.717, 1.165) is 0 Å². The Labute approximate surface area is 136 Å². The first kappa shape index (κ1) is 16.0. The average Bonchev–Trinajstić information content (AvgIpc) is 2.85. The molecule has 1 aromatic carbocycles. The minimum absolute atomic E-state index is 0.261. The van der Waals surface area contributed by atoms with E-state index in [0.29, 0.717) is 21.5 Å². The smallest absolute Gasteiger partial charge is 0.293 e. The molecule has 22 heavy (non-hydrogen) atoms. The maximum Gasteiger partial charge on any atom is 0.293 e. The van der Waals surface area contributed by atoms with Gasteiger partial charge >= 0.3 is 0 Å². The third kappa shape index (κ3) is 3.64. The zero-order valence-corrected chi connectivity index (χ0v) is 13.9. The zero-order chi connectivity index (χ0) is 16.1. The molecule has 116 valence electrons. The molecule has 8 heteroatoms. The number of nitrogens with zero attached hydrogens (tertiary/aromatic N) is 3. The van der Waals surface area contributed by atoms with E-state index in [9.17, 15) is 4.79 Å². The second-order valence-electron chi connectivity index (χ2n) is 4.31. The number of hydrogen-bond acceptors (Lipinski definition) is 5. The van der Waals surface area contributed by atoms with Gasteiger partial charge in [0.2, 0.25) is 0 Å². The molecule has 0 aliphatic rings. The Balaban J connectivity index is 2.12. The number of carbonyl (C=O) groups is 1. The molecule has 1 amide bonds. The highest BCUT2D eigenvalue weighted by Gasteiger charge is 2.13. The Morgan fingerprint density at radius 3 is 2.77 bits per heavy atom. The highest BCUT2D eigenvalue weighted by atomic mass is 79.9. The number of aromatic nitrogens is 2. The van der Waals surface area contributed by atoms with Crippen molar-refractivity contribution in [3.8, 4) is 11.5 Å². The molecule has 0 radical (unpaired) electrons. The fourth-order valence-electron chi connectivity index (χ4n) is 1.77. The Kier molecular flexibility index (Phi) is 5.16. The van der Waals surface area contributed by atoms with Crippen molar-refractivity contribution in [3.05, 3.63) is 40.1 Å². The summed E-state index contributed by atoms with van der Waals surface area (Å²) >= 11 is 3.26. The van der Waals surface area contributed by atoms with Crippen molar-refractivity contribution in [2.75, 3.05) is 14.2 Å². The van der Waals surface area contributed by atoms with Crippen LogP contribution >= 0.6 is 15.9 Å². The van der Waals surface area contributed by atoms with Gasteiger partial charge in [-0.15, -0.1) is 0 Å². The lowest BCUT2D eigenvalue weighted by molar-refractivity contribution is 0.0948. The molecular formula is C14H15BrN4O3. The highest BCUT2D eigenvalue weighted by Crippen LogP contribution is 2.22. The maximum atomic E-state index is 12.0. The average molecular weight is 367 g/mol. The fourth-order valence-corrected chi connectivity index (χ4v) is 2.32. The number of ether oxygens (including phenoxy) is 2. The van der Waals surface area contributed by atoms with Crippen molar-refractivity contribution in [1.82, 2.24) is 15.2 Å². The summed E-state index contributed by atoms with van der Waals surface area (Å²) < 4.78 is 12.5. The third-order valence-electron chi connectivity index (χ3n) is 2.81. The molecule has 0 aliphatic heterocycles. The van der Waals surface area contributed by atoms with Crippen LogP contribution in [0.3, 0.4) is 0 Å². The molecule has 0 atom stereocenters. The topological polar surface area (TPSA) is 77.7 Å². The van der Waals surface area contributed by atoms with Gasteiger partial charge in [-0.3, -0.25) is 9.48 Å².